The third-order valence-corrected chi connectivity index (χ3v) is 11.2. The number of esters is 1. The van der Waals surface area contributed by atoms with Gasteiger partial charge in [-0.15, -0.1) is 0 Å². The number of carbonyl (C=O) groups is 1. The number of hydrogen-bond donors (Lipinski definition) is 1. The highest BCUT2D eigenvalue weighted by Gasteiger charge is 2.58. The summed E-state index contributed by atoms with van der Waals surface area (Å²) in [6, 6.07) is 0. The van der Waals surface area contributed by atoms with Crippen LogP contribution in [0.4, 0.5) is 0 Å². The Kier molecular flexibility index (Phi) is 7.14. The maximum Gasteiger partial charge on any atom is 0.302 e. The first-order valence-corrected chi connectivity index (χ1v) is 14.0. The molecule has 33 heavy (non-hydrogen) atoms. The Labute approximate surface area is 203 Å². The standard InChI is InChI=1S/C30H50O3/c1-18(2)19(3)8-9-20(4)25-12-13-26-24-11-10-22-16-23(33-21(5)31)14-15-29(22,6)28(24)27(32)17-30(25,26)7/h18-20,22-23,25,27-28,32H,8-17H2,1-7H3/t19-,20+,22-,23+,25+,27+,28+,29-,30-/m0/s1. The molecule has 4 aliphatic rings. The van der Waals surface area contributed by atoms with Crippen LogP contribution in [0.3, 0.4) is 0 Å². The van der Waals surface area contributed by atoms with Crippen molar-refractivity contribution in [3.63, 3.8) is 0 Å². The summed E-state index contributed by atoms with van der Waals surface area (Å²) in [5, 5.41) is 11.7. The molecule has 9 atom stereocenters. The maximum atomic E-state index is 11.7. The summed E-state index contributed by atoms with van der Waals surface area (Å²) in [5.74, 6) is 3.70. The van der Waals surface area contributed by atoms with Crippen molar-refractivity contribution in [2.24, 2.45) is 46.3 Å². The molecule has 3 saturated carbocycles. The summed E-state index contributed by atoms with van der Waals surface area (Å²) in [7, 11) is 0. The Morgan fingerprint density at radius 1 is 1.09 bits per heavy atom. The topological polar surface area (TPSA) is 46.5 Å². The van der Waals surface area contributed by atoms with E-state index in [9.17, 15) is 9.90 Å². The van der Waals surface area contributed by atoms with Gasteiger partial charge in [0.05, 0.1) is 6.10 Å². The third-order valence-electron chi connectivity index (χ3n) is 11.2. The highest BCUT2D eigenvalue weighted by Crippen LogP contribution is 2.66. The van der Waals surface area contributed by atoms with Crippen LogP contribution < -0.4 is 0 Å². The Morgan fingerprint density at radius 3 is 2.48 bits per heavy atom. The molecule has 0 amide bonds. The van der Waals surface area contributed by atoms with Crippen LogP contribution in [0.15, 0.2) is 11.1 Å². The lowest BCUT2D eigenvalue weighted by atomic mass is 9.48. The second-order valence-corrected chi connectivity index (χ2v) is 13.3. The van der Waals surface area contributed by atoms with Crippen LogP contribution >= 0.6 is 0 Å². The van der Waals surface area contributed by atoms with Crippen molar-refractivity contribution in [1.29, 1.82) is 0 Å². The van der Waals surface area contributed by atoms with Gasteiger partial charge in [-0.1, -0.05) is 65.5 Å². The Hall–Kier alpha value is -0.830. The van der Waals surface area contributed by atoms with Gasteiger partial charge in [-0.2, -0.15) is 0 Å². The third kappa shape index (κ3) is 4.45. The summed E-state index contributed by atoms with van der Waals surface area (Å²) >= 11 is 0. The Bertz CT molecular complexity index is 769. The van der Waals surface area contributed by atoms with Gasteiger partial charge in [0.15, 0.2) is 0 Å². The minimum Gasteiger partial charge on any atom is -0.463 e. The average Bonchev–Trinajstić information content (AvgIpc) is 3.07. The van der Waals surface area contributed by atoms with E-state index in [-0.39, 0.29) is 29.0 Å². The minimum absolute atomic E-state index is 0.0747. The summed E-state index contributed by atoms with van der Waals surface area (Å²) < 4.78 is 5.61. The van der Waals surface area contributed by atoms with Crippen LogP contribution in [-0.2, 0) is 9.53 Å². The van der Waals surface area contributed by atoms with Crippen LogP contribution in [0.2, 0.25) is 0 Å². The molecular formula is C30H50O3. The van der Waals surface area contributed by atoms with Gasteiger partial charge < -0.3 is 9.84 Å². The van der Waals surface area contributed by atoms with E-state index in [0.717, 1.165) is 49.9 Å². The first kappa shape index (κ1) is 25.3. The van der Waals surface area contributed by atoms with Gasteiger partial charge in [0.1, 0.15) is 6.10 Å². The quantitative estimate of drug-likeness (QED) is 0.335. The minimum atomic E-state index is -0.228. The fraction of sp³-hybridized carbons (Fsp3) is 0.900. The number of aliphatic hydroxyl groups is 1. The van der Waals surface area contributed by atoms with E-state index in [4.69, 9.17) is 4.74 Å². The van der Waals surface area contributed by atoms with Crippen molar-refractivity contribution in [3.8, 4) is 0 Å². The molecule has 0 aromatic heterocycles. The summed E-state index contributed by atoms with van der Waals surface area (Å²) in [6.45, 7) is 16.1. The fourth-order valence-corrected chi connectivity index (χ4v) is 8.93. The van der Waals surface area contributed by atoms with Gasteiger partial charge >= 0.3 is 5.97 Å². The summed E-state index contributed by atoms with van der Waals surface area (Å²) in [5.41, 5.74) is 3.72. The molecule has 0 radical (unpaired) electrons. The van der Waals surface area contributed by atoms with Gasteiger partial charge in [-0.25, -0.2) is 0 Å². The van der Waals surface area contributed by atoms with Crippen molar-refractivity contribution >= 4 is 5.97 Å². The number of allylic oxidation sites excluding steroid dienone is 1. The summed E-state index contributed by atoms with van der Waals surface area (Å²) in [6.07, 6.45) is 11.3. The number of carbonyl (C=O) groups excluding carboxylic acids is 1. The SMILES string of the molecule is CC(=O)O[C@@H]1CC[C@@]2(C)[C@@H](CCC3=C4CC[C@H]([C@H](C)CC[C@H](C)C(C)C)[C@]4(C)C[C@@H](O)[C@@H]32)C1. The number of fused-ring (bicyclic) bond motifs is 4. The lowest BCUT2D eigenvalue weighted by molar-refractivity contribution is -0.154. The fourth-order valence-electron chi connectivity index (χ4n) is 8.93. The highest BCUT2D eigenvalue weighted by molar-refractivity contribution is 5.66. The van der Waals surface area contributed by atoms with E-state index in [2.05, 4.69) is 41.5 Å². The molecule has 0 heterocycles. The molecule has 0 aliphatic heterocycles. The predicted molar refractivity (Wildman–Crippen MR) is 135 cm³/mol. The van der Waals surface area contributed by atoms with Crippen LogP contribution in [0.25, 0.3) is 0 Å². The molecule has 3 fully saturated rings. The van der Waals surface area contributed by atoms with Crippen molar-refractivity contribution in [1.82, 2.24) is 0 Å². The van der Waals surface area contributed by atoms with E-state index in [1.54, 1.807) is 11.1 Å². The molecule has 0 aromatic carbocycles. The van der Waals surface area contributed by atoms with Crippen LogP contribution in [0, 0.1) is 46.3 Å². The molecule has 0 spiro atoms. The van der Waals surface area contributed by atoms with Crippen LogP contribution in [-0.4, -0.2) is 23.3 Å². The largest absolute Gasteiger partial charge is 0.463 e. The first-order chi connectivity index (χ1) is 15.5. The lowest BCUT2D eigenvalue weighted by Crippen LogP contribution is -2.53. The second kappa shape index (κ2) is 9.32. The molecular weight excluding hydrogens is 408 g/mol. The van der Waals surface area contributed by atoms with E-state index in [1.165, 1.54) is 39.0 Å². The molecule has 0 bridgehead atoms. The zero-order valence-corrected chi connectivity index (χ0v) is 22.5. The molecule has 188 valence electrons. The predicted octanol–water partition coefficient (Wildman–Crippen LogP) is 7.32. The van der Waals surface area contributed by atoms with Gasteiger partial charge in [-0.05, 0) is 91.8 Å². The Morgan fingerprint density at radius 2 is 1.82 bits per heavy atom. The molecule has 1 N–H and O–H groups in total. The molecule has 4 rings (SSSR count). The van der Waals surface area contributed by atoms with Crippen LogP contribution in [0.5, 0.6) is 0 Å². The van der Waals surface area contributed by atoms with Crippen molar-refractivity contribution < 1.29 is 14.6 Å². The number of ether oxygens (including phenoxy) is 1. The first-order valence-electron chi connectivity index (χ1n) is 14.0. The van der Waals surface area contributed by atoms with Crippen LogP contribution in [0.1, 0.15) is 113 Å². The maximum absolute atomic E-state index is 11.7. The zero-order chi connectivity index (χ0) is 24.1. The smallest absolute Gasteiger partial charge is 0.302 e. The highest BCUT2D eigenvalue weighted by atomic mass is 16.5. The number of hydrogen-bond acceptors (Lipinski definition) is 3. The van der Waals surface area contributed by atoms with Crippen molar-refractivity contribution in [2.45, 2.75) is 125 Å². The van der Waals surface area contributed by atoms with E-state index < -0.39 is 0 Å². The van der Waals surface area contributed by atoms with Gasteiger partial charge in [0.2, 0.25) is 0 Å². The monoisotopic (exact) mass is 458 g/mol. The van der Waals surface area contributed by atoms with E-state index >= 15 is 0 Å². The second-order valence-electron chi connectivity index (χ2n) is 13.3. The molecule has 0 saturated heterocycles. The van der Waals surface area contributed by atoms with E-state index in [0.29, 0.717) is 17.8 Å². The van der Waals surface area contributed by atoms with E-state index in [1.807, 2.05) is 0 Å². The molecule has 0 unspecified atom stereocenters. The summed E-state index contributed by atoms with van der Waals surface area (Å²) in [4.78, 5) is 11.5. The lowest BCUT2D eigenvalue weighted by Gasteiger charge is -2.58. The van der Waals surface area contributed by atoms with Crippen molar-refractivity contribution in [3.05, 3.63) is 11.1 Å². The van der Waals surface area contributed by atoms with Gasteiger partial charge in [-0.3, -0.25) is 4.79 Å². The normalized spacial score (nSPS) is 42.4. The molecule has 3 heteroatoms. The van der Waals surface area contributed by atoms with Gasteiger partial charge in [0.25, 0.3) is 0 Å². The van der Waals surface area contributed by atoms with Gasteiger partial charge in [0, 0.05) is 12.8 Å². The molecule has 3 nitrogen and oxygen atoms in total. The molecule has 4 aliphatic carbocycles. The number of rotatable bonds is 6. The van der Waals surface area contributed by atoms with Crippen molar-refractivity contribution in [2.75, 3.05) is 0 Å². The molecule has 0 aromatic rings. The zero-order valence-electron chi connectivity index (χ0n) is 22.5. The Balaban J connectivity index is 1.54. The number of aliphatic hydroxyl groups excluding tert-OH is 1. The average molecular weight is 459 g/mol.